The third-order valence-electron chi connectivity index (χ3n) is 3.67. The first-order valence-electron chi connectivity index (χ1n) is 7.91. The van der Waals surface area contributed by atoms with Crippen LogP contribution in [0.1, 0.15) is 54.4 Å². The molecule has 0 spiro atoms. The summed E-state index contributed by atoms with van der Waals surface area (Å²) in [5.41, 5.74) is 6.22. The number of nitrogens with one attached hydrogen (secondary N) is 1. The Kier molecular flexibility index (Phi) is 5.51. The molecule has 0 saturated carbocycles. The molecule has 1 heterocycles. The molecule has 0 aliphatic carbocycles. The van der Waals surface area contributed by atoms with E-state index in [1.54, 1.807) is 0 Å². The van der Waals surface area contributed by atoms with E-state index in [1.807, 2.05) is 0 Å². The van der Waals surface area contributed by atoms with Gasteiger partial charge in [-0.05, 0) is 55.6 Å². The molecule has 0 radical (unpaired) electrons. The van der Waals surface area contributed by atoms with E-state index in [4.69, 9.17) is 0 Å². The van der Waals surface area contributed by atoms with Gasteiger partial charge >= 0.3 is 0 Å². The van der Waals surface area contributed by atoms with Gasteiger partial charge in [-0.25, -0.2) is 0 Å². The summed E-state index contributed by atoms with van der Waals surface area (Å²) in [5, 5.41) is 3.61. The molecule has 0 fully saturated rings. The molecule has 112 valence electrons. The number of pyridine rings is 1. The molecule has 2 aromatic rings. The van der Waals surface area contributed by atoms with Crippen molar-refractivity contribution in [3.8, 4) is 0 Å². The Bertz CT molecular complexity index is 570. The molecule has 2 rings (SSSR count). The Hall–Kier alpha value is -1.67. The van der Waals surface area contributed by atoms with Crippen LogP contribution >= 0.6 is 0 Å². The molecule has 0 aliphatic heterocycles. The molecule has 2 heteroatoms. The third kappa shape index (κ3) is 4.15. The summed E-state index contributed by atoms with van der Waals surface area (Å²) in [6, 6.07) is 13.6. The Labute approximate surface area is 128 Å². The van der Waals surface area contributed by atoms with Gasteiger partial charge in [0.2, 0.25) is 0 Å². The lowest BCUT2D eigenvalue weighted by atomic mass is 9.95. The fraction of sp³-hybridized carbons (Fsp3) is 0.421. The lowest BCUT2D eigenvalue weighted by Crippen LogP contribution is -2.22. The molecule has 1 unspecified atom stereocenters. The van der Waals surface area contributed by atoms with Crippen molar-refractivity contribution in [3.05, 3.63) is 64.5 Å². The molecule has 0 saturated heterocycles. The molecule has 21 heavy (non-hydrogen) atoms. The van der Waals surface area contributed by atoms with Gasteiger partial charge in [0, 0.05) is 11.4 Å². The van der Waals surface area contributed by atoms with E-state index in [0.717, 1.165) is 24.4 Å². The highest BCUT2D eigenvalue weighted by Gasteiger charge is 2.14. The minimum Gasteiger partial charge on any atom is -0.307 e. The SMILES string of the molecule is CCCc1cccc(C(NCC)c2cc(C)nc(C)c2)c1. The minimum absolute atomic E-state index is 0.243. The van der Waals surface area contributed by atoms with E-state index in [1.165, 1.54) is 23.1 Å². The van der Waals surface area contributed by atoms with Crippen LogP contribution in [0.25, 0.3) is 0 Å². The van der Waals surface area contributed by atoms with Gasteiger partial charge in [-0.2, -0.15) is 0 Å². The molecule has 2 nitrogen and oxygen atoms in total. The van der Waals surface area contributed by atoms with Crippen LogP contribution in [0.2, 0.25) is 0 Å². The Balaban J connectivity index is 2.40. The summed E-state index contributed by atoms with van der Waals surface area (Å²) in [6.45, 7) is 9.46. The standard InChI is InChI=1S/C19H26N2/c1-5-8-16-9-7-10-17(13-16)19(20-6-2)18-11-14(3)21-15(4)12-18/h7,9-13,19-20H,5-6,8H2,1-4H3. The second kappa shape index (κ2) is 7.37. The Morgan fingerprint density at radius 1 is 1.00 bits per heavy atom. The first-order chi connectivity index (χ1) is 10.1. The highest BCUT2D eigenvalue weighted by molar-refractivity contribution is 5.35. The topological polar surface area (TPSA) is 24.9 Å². The molecule has 0 amide bonds. The fourth-order valence-corrected chi connectivity index (χ4v) is 2.88. The van der Waals surface area contributed by atoms with Crippen molar-refractivity contribution in [2.24, 2.45) is 0 Å². The van der Waals surface area contributed by atoms with Crippen molar-refractivity contribution in [3.63, 3.8) is 0 Å². The maximum atomic E-state index is 4.49. The van der Waals surface area contributed by atoms with Crippen LogP contribution in [-0.4, -0.2) is 11.5 Å². The lowest BCUT2D eigenvalue weighted by Gasteiger charge is -2.20. The number of hydrogen-bond acceptors (Lipinski definition) is 2. The molecule has 0 bridgehead atoms. The van der Waals surface area contributed by atoms with Crippen LogP contribution in [0.4, 0.5) is 0 Å². The van der Waals surface area contributed by atoms with Crippen molar-refractivity contribution in [2.75, 3.05) is 6.54 Å². The third-order valence-corrected chi connectivity index (χ3v) is 3.67. The maximum Gasteiger partial charge on any atom is 0.0578 e. The highest BCUT2D eigenvalue weighted by atomic mass is 14.9. The van der Waals surface area contributed by atoms with Gasteiger partial charge in [-0.3, -0.25) is 4.98 Å². The quantitative estimate of drug-likeness (QED) is 0.852. The molecule has 1 aromatic heterocycles. The average molecular weight is 282 g/mol. The van der Waals surface area contributed by atoms with Crippen LogP contribution in [0.15, 0.2) is 36.4 Å². The monoisotopic (exact) mass is 282 g/mol. The van der Waals surface area contributed by atoms with E-state index in [0.29, 0.717) is 0 Å². The van der Waals surface area contributed by atoms with Crippen LogP contribution < -0.4 is 5.32 Å². The van der Waals surface area contributed by atoms with E-state index >= 15 is 0 Å². The predicted molar refractivity (Wildman–Crippen MR) is 89.7 cm³/mol. The molecular formula is C19H26N2. The number of benzene rings is 1. The van der Waals surface area contributed by atoms with Crippen molar-refractivity contribution in [1.29, 1.82) is 0 Å². The first kappa shape index (κ1) is 15.7. The van der Waals surface area contributed by atoms with Gasteiger partial charge in [0.15, 0.2) is 0 Å². The second-order valence-corrected chi connectivity index (χ2v) is 5.67. The van der Waals surface area contributed by atoms with Gasteiger partial charge in [0.05, 0.1) is 6.04 Å². The number of aryl methyl sites for hydroxylation is 3. The molecular weight excluding hydrogens is 256 g/mol. The van der Waals surface area contributed by atoms with Crippen LogP contribution in [-0.2, 0) is 6.42 Å². The maximum absolute atomic E-state index is 4.49. The smallest absolute Gasteiger partial charge is 0.0578 e. The summed E-state index contributed by atoms with van der Waals surface area (Å²) in [6.07, 6.45) is 2.32. The zero-order chi connectivity index (χ0) is 15.2. The van der Waals surface area contributed by atoms with Gasteiger partial charge in [-0.15, -0.1) is 0 Å². The van der Waals surface area contributed by atoms with E-state index in [9.17, 15) is 0 Å². The zero-order valence-electron chi connectivity index (χ0n) is 13.6. The summed E-state index contributed by atoms with van der Waals surface area (Å²) in [7, 11) is 0. The first-order valence-corrected chi connectivity index (χ1v) is 7.91. The largest absolute Gasteiger partial charge is 0.307 e. The molecule has 1 atom stereocenters. The average Bonchev–Trinajstić information content (AvgIpc) is 2.44. The molecule has 1 aromatic carbocycles. The van der Waals surface area contributed by atoms with Crippen LogP contribution in [0, 0.1) is 13.8 Å². The minimum atomic E-state index is 0.243. The summed E-state index contributed by atoms with van der Waals surface area (Å²) in [4.78, 5) is 4.49. The zero-order valence-corrected chi connectivity index (χ0v) is 13.6. The van der Waals surface area contributed by atoms with Crippen molar-refractivity contribution >= 4 is 0 Å². The van der Waals surface area contributed by atoms with Gasteiger partial charge in [0.1, 0.15) is 0 Å². The number of aromatic nitrogens is 1. The van der Waals surface area contributed by atoms with E-state index in [-0.39, 0.29) is 6.04 Å². The van der Waals surface area contributed by atoms with Gasteiger partial charge in [-0.1, -0.05) is 44.5 Å². The van der Waals surface area contributed by atoms with Crippen LogP contribution in [0.5, 0.6) is 0 Å². The summed E-state index contributed by atoms with van der Waals surface area (Å²) < 4.78 is 0. The van der Waals surface area contributed by atoms with Crippen LogP contribution in [0.3, 0.4) is 0 Å². The Morgan fingerprint density at radius 2 is 1.71 bits per heavy atom. The van der Waals surface area contributed by atoms with Crippen molar-refractivity contribution in [1.82, 2.24) is 10.3 Å². The lowest BCUT2D eigenvalue weighted by molar-refractivity contribution is 0.628. The van der Waals surface area contributed by atoms with Gasteiger partial charge in [0.25, 0.3) is 0 Å². The molecule has 0 aliphatic rings. The highest BCUT2D eigenvalue weighted by Crippen LogP contribution is 2.24. The number of rotatable bonds is 6. The summed E-state index contributed by atoms with van der Waals surface area (Å²) in [5.74, 6) is 0. The van der Waals surface area contributed by atoms with Crippen molar-refractivity contribution < 1.29 is 0 Å². The van der Waals surface area contributed by atoms with Crippen molar-refractivity contribution in [2.45, 2.75) is 46.6 Å². The number of hydrogen-bond donors (Lipinski definition) is 1. The van der Waals surface area contributed by atoms with E-state index in [2.05, 4.69) is 74.4 Å². The fourth-order valence-electron chi connectivity index (χ4n) is 2.88. The second-order valence-electron chi connectivity index (χ2n) is 5.67. The molecule has 1 N–H and O–H groups in total. The van der Waals surface area contributed by atoms with Gasteiger partial charge < -0.3 is 5.32 Å². The Morgan fingerprint density at radius 3 is 2.33 bits per heavy atom. The number of nitrogens with zero attached hydrogens (tertiary/aromatic N) is 1. The predicted octanol–water partition coefficient (Wildman–Crippen LogP) is 4.35. The normalized spacial score (nSPS) is 12.4. The van der Waals surface area contributed by atoms with E-state index < -0.39 is 0 Å². The summed E-state index contributed by atoms with van der Waals surface area (Å²) >= 11 is 0.